The molecule has 0 bridgehead atoms. The summed E-state index contributed by atoms with van der Waals surface area (Å²) in [6.07, 6.45) is 2.91. The average Bonchev–Trinajstić information content (AvgIpc) is 3.69. The predicted octanol–water partition coefficient (Wildman–Crippen LogP) is 1.74. The van der Waals surface area contributed by atoms with Crippen LogP contribution in [0.3, 0.4) is 0 Å². The van der Waals surface area contributed by atoms with Gasteiger partial charge in [-0.2, -0.15) is 0 Å². The molecular formula is C44H66N8O10S. The SMILES string of the molecule is CN[C@H](C(=O)NC(C(=O)N(C)[C@H](/C=C(\C)C(=O)N[C@H](CCC(=O)NCCN1C(=O)CC(SC[C@H](N)C(=O)O)C1=O)C(=O)O)C(C)C)C(C)(C)C)C(C)(C)c1cn(C)c2ccccc12. The zero-order valence-electron chi connectivity index (χ0n) is 38.2. The molecule has 3 rings (SSSR count). The Hall–Kier alpha value is -5.27. The molecule has 6 atom stereocenters. The number of hydrogen-bond acceptors (Lipinski definition) is 11. The van der Waals surface area contributed by atoms with Gasteiger partial charge in [0.2, 0.25) is 35.4 Å². The van der Waals surface area contributed by atoms with Crippen LogP contribution in [0.2, 0.25) is 0 Å². The normalized spacial score (nSPS) is 17.3. The van der Waals surface area contributed by atoms with Crippen LogP contribution in [0.5, 0.6) is 0 Å². The molecule has 1 aromatic heterocycles. The molecule has 6 amide bonds. The number of aromatic nitrogens is 1. The van der Waals surface area contributed by atoms with E-state index in [-0.39, 0.29) is 61.4 Å². The zero-order chi connectivity index (χ0) is 47.7. The van der Waals surface area contributed by atoms with E-state index in [9.17, 15) is 43.5 Å². The number of carboxylic acids is 2. The number of likely N-dealkylation sites (tertiary alicyclic amines) is 1. The lowest BCUT2D eigenvalue weighted by atomic mass is 9.76. The Balaban J connectivity index is 1.65. The van der Waals surface area contributed by atoms with E-state index < -0.39 is 81.9 Å². The van der Waals surface area contributed by atoms with E-state index in [4.69, 9.17) is 10.8 Å². The van der Waals surface area contributed by atoms with Crippen LogP contribution in [0, 0.1) is 11.3 Å². The van der Waals surface area contributed by atoms with Gasteiger partial charge >= 0.3 is 11.9 Å². The molecule has 348 valence electrons. The summed E-state index contributed by atoms with van der Waals surface area (Å²) in [5, 5.41) is 30.3. The van der Waals surface area contributed by atoms with Crippen LogP contribution < -0.4 is 27.0 Å². The van der Waals surface area contributed by atoms with Gasteiger partial charge in [0.15, 0.2) is 0 Å². The van der Waals surface area contributed by atoms with E-state index in [1.54, 1.807) is 20.2 Å². The third-order valence-electron chi connectivity index (χ3n) is 11.4. The Morgan fingerprint density at radius 2 is 1.63 bits per heavy atom. The van der Waals surface area contributed by atoms with Crippen molar-refractivity contribution in [1.29, 1.82) is 0 Å². The lowest BCUT2D eigenvalue weighted by Gasteiger charge is -2.39. The number of nitrogens with two attached hydrogens (primary N) is 1. The molecule has 2 heterocycles. The van der Waals surface area contributed by atoms with Gasteiger partial charge in [-0.05, 0) is 43.4 Å². The molecule has 1 aliphatic heterocycles. The number of carboxylic acid groups (broad SMARTS) is 2. The smallest absolute Gasteiger partial charge is 0.326 e. The maximum Gasteiger partial charge on any atom is 0.326 e. The van der Waals surface area contributed by atoms with Crippen LogP contribution in [0.15, 0.2) is 42.1 Å². The fraction of sp³-hybridized carbons (Fsp3) is 0.591. The largest absolute Gasteiger partial charge is 0.480 e. The number of nitrogens with zero attached hydrogens (tertiary/aromatic N) is 3. The maximum absolute atomic E-state index is 14.4. The summed E-state index contributed by atoms with van der Waals surface area (Å²) in [5.41, 5.74) is 6.19. The van der Waals surface area contributed by atoms with Crippen molar-refractivity contribution in [2.45, 2.75) is 116 Å². The Kier molecular flexibility index (Phi) is 18.1. The molecule has 0 spiro atoms. The second-order valence-corrected chi connectivity index (χ2v) is 19.3. The fourth-order valence-electron chi connectivity index (χ4n) is 7.65. The van der Waals surface area contributed by atoms with Gasteiger partial charge < -0.3 is 46.7 Å². The Morgan fingerprint density at radius 3 is 2.21 bits per heavy atom. The number of thioether (sulfide) groups is 1. The number of amides is 6. The average molecular weight is 899 g/mol. The third kappa shape index (κ3) is 13.1. The monoisotopic (exact) mass is 898 g/mol. The Labute approximate surface area is 373 Å². The standard InChI is InChI=1S/C44H66N8O10S/c1-24(2)31(51(11)40(58)36(43(4,5)6)49-38(56)35(46-9)44(7,8)27-22-50(10)30-15-13-12-14-26(27)30)20-25(3)37(55)48-29(42(61)62)16-17-33(53)47-18-19-52-34(54)21-32(39(52)57)63-23-28(45)41(59)60/h12-15,20,22,24,28-29,31-32,35-36,46H,16-19,21,23,45H2,1-11H3,(H,47,53)(H,48,55)(H,49,56)(H,59,60)(H,61,62)/b25-20+/t28-,29+,31+,32?,35+,36?/m0/s1. The maximum atomic E-state index is 14.4. The minimum absolute atomic E-state index is 0.0564. The molecule has 1 fully saturated rings. The number of carbonyl (C=O) groups excluding carboxylic acids is 6. The van der Waals surface area contributed by atoms with Crippen molar-refractivity contribution in [3.05, 3.63) is 47.7 Å². The molecule has 2 unspecified atom stereocenters. The van der Waals surface area contributed by atoms with Crippen molar-refractivity contribution in [1.82, 2.24) is 35.6 Å². The molecule has 0 aliphatic carbocycles. The van der Waals surface area contributed by atoms with E-state index >= 15 is 0 Å². The minimum atomic E-state index is -1.45. The number of benzene rings is 1. The van der Waals surface area contributed by atoms with Crippen LogP contribution in [-0.2, 0) is 50.8 Å². The second kappa shape index (κ2) is 21.9. The Morgan fingerprint density at radius 1 is 1.00 bits per heavy atom. The van der Waals surface area contributed by atoms with Crippen molar-refractivity contribution >= 4 is 70.0 Å². The highest BCUT2D eigenvalue weighted by molar-refractivity contribution is 8.00. The van der Waals surface area contributed by atoms with Crippen molar-refractivity contribution < 1.29 is 48.6 Å². The number of para-hydroxylation sites is 1. The summed E-state index contributed by atoms with van der Waals surface area (Å²) in [6, 6.07) is 2.99. The van der Waals surface area contributed by atoms with Gasteiger partial charge in [0.05, 0.1) is 17.3 Å². The van der Waals surface area contributed by atoms with E-state index in [1.807, 2.05) is 90.5 Å². The number of aliphatic carboxylic acids is 2. The van der Waals surface area contributed by atoms with Gasteiger partial charge in [-0.3, -0.25) is 38.5 Å². The molecule has 0 saturated carbocycles. The summed E-state index contributed by atoms with van der Waals surface area (Å²) in [4.78, 5) is 105. The summed E-state index contributed by atoms with van der Waals surface area (Å²) in [7, 11) is 5.26. The summed E-state index contributed by atoms with van der Waals surface area (Å²) in [6.45, 7) is 14.5. The van der Waals surface area contributed by atoms with Crippen molar-refractivity contribution in [2.75, 3.05) is 32.9 Å². The minimum Gasteiger partial charge on any atom is -0.480 e. The van der Waals surface area contributed by atoms with E-state index in [0.29, 0.717) is 0 Å². The molecule has 18 nitrogen and oxygen atoms in total. The highest BCUT2D eigenvalue weighted by atomic mass is 32.2. The highest BCUT2D eigenvalue weighted by Crippen LogP contribution is 2.35. The first-order chi connectivity index (χ1) is 29.2. The van der Waals surface area contributed by atoms with Crippen LogP contribution in [0.4, 0.5) is 0 Å². The summed E-state index contributed by atoms with van der Waals surface area (Å²) >= 11 is 0.976. The molecule has 8 N–H and O–H groups in total. The second-order valence-electron chi connectivity index (χ2n) is 18.1. The van der Waals surface area contributed by atoms with Gasteiger partial charge in [-0.25, -0.2) is 4.79 Å². The molecule has 0 radical (unpaired) electrons. The van der Waals surface area contributed by atoms with E-state index in [0.717, 1.165) is 33.1 Å². The first-order valence-corrected chi connectivity index (χ1v) is 22.0. The lowest BCUT2D eigenvalue weighted by Crippen LogP contribution is -2.61. The van der Waals surface area contributed by atoms with Gasteiger partial charge in [0, 0.05) is 73.9 Å². The number of nitrogens with one attached hydrogen (secondary N) is 4. The van der Waals surface area contributed by atoms with Gasteiger partial charge in [-0.1, -0.05) is 72.7 Å². The summed E-state index contributed by atoms with van der Waals surface area (Å²) < 4.78 is 2.02. The van der Waals surface area contributed by atoms with Crippen LogP contribution in [0.1, 0.15) is 80.2 Å². The lowest BCUT2D eigenvalue weighted by molar-refractivity contribution is -0.142. The first-order valence-electron chi connectivity index (χ1n) is 21.0. The highest BCUT2D eigenvalue weighted by Gasteiger charge is 2.43. The number of hydrogen-bond donors (Lipinski definition) is 7. The number of likely N-dealkylation sites (N-methyl/N-ethyl adjacent to an activating group) is 2. The molecule has 63 heavy (non-hydrogen) atoms. The van der Waals surface area contributed by atoms with Crippen LogP contribution in [-0.4, -0.2) is 140 Å². The molecule has 19 heteroatoms. The van der Waals surface area contributed by atoms with Gasteiger partial charge in [-0.15, -0.1) is 11.8 Å². The molecule has 2 aromatic rings. The molecule has 1 aromatic carbocycles. The molecule has 1 aliphatic rings. The van der Waals surface area contributed by atoms with Crippen LogP contribution >= 0.6 is 11.8 Å². The summed E-state index contributed by atoms with van der Waals surface area (Å²) in [5.74, 6) is -5.88. The van der Waals surface area contributed by atoms with Crippen molar-refractivity contribution in [3.8, 4) is 0 Å². The predicted molar refractivity (Wildman–Crippen MR) is 240 cm³/mol. The van der Waals surface area contributed by atoms with Gasteiger partial charge in [0.25, 0.3) is 0 Å². The topological polar surface area (TPSA) is 263 Å². The number of carbonyl (C=O) groups is 8. The number of rotatable bonds is 22. The van der Waals surface area contributed by atoms with Gasteiger partial charge in [0.1, 0.15) is 18.1 Å². The quantitative estimate of drug-likeness (QED) is 0.0657. The fourth-order valence-corrected chi connectivity index (χ4v) is 8.76. The number of aryl methyl sites for hydroxylation is 1. The number of imide groups is 1. The molecular weight excluding hydrogens is 833 g/mol. The van der Waals surface area contributed by atoms with E-state index in [2.05, 4.69) is 21.3 Å². The third-order valence-corrected chi connectivity index (χ3v) is 12.8. The molecule has 1 saturated heterocycles. The van der Waals surface area contributed by atoms with Crippen molar-refractivity contribution in [2.24, 2.45) is 24.1 Å². The zero-order valence-corrected chi connectivity index (χ0v) is 39.1. The van der Waals surface area contributed by atoms with Crippen LogP contribution in [0.25, 0.3) is 10.9 Å². The van der Waals surface area contributed by atoms with E-state index in [1.165, 1.54) is 11.8 Å². The van der Waals surface area contributed by atoms with Crippen molar-refractivity contribution in [3.63, 3.8) is 0 Å². The number of fused-ring (bicyclic) bond motifs is 1. The first kappa shape index (κ1) is 52.1. The Bertz CT molecular complexity index is 2080.